The van der Waals surface area contributed by atoms with Crippen molar-refractivity contribution in [1.82, 2.24) is 10.1 Å². The first-order chi connectivity index (χ1) is 9.60. The van der Waals surface area contributed by atoms with Gasteiger partial charge in [0, 0.05) is 12.0 Å². The zero-order valence-electron chi connectivity index (χ0n) is 12.5. The van der Waals surface area contributed by atoms with E-state index in [9.17, 15) is 0 Å². The summed E-state index contributed by atoms with van der Waals surface area (Å²) < 4.78 is 5.29. The smallest absolute Gasteiger partial charge is 0.226 e. The predicted molar refractivity (Wildman–Crippen MR) is 80.4 cm³/mol. The van der Waals surface area contributed by atoms with E-state index in [-0.39, 0.29) is 0 Å². The summed E-state index contributed by atoms with van der Waals surface area (Å²) in [4.78, 5) is 4.44. The number of hydrogen-bond acceptors (Lipinski definition) is 4. The van der Waals surface area contributed by atoms with E-state index in [0.29, 0.717) is 30.1 Å². The van der Waals surface area contributed by atoms with Crippen LogP contribution in [0.4, 0.5) is 0 Å². The molecular weight excluding hydrogens is 250 g/mol. The Morgan fingerprint density at radius 3 is 2.45 bits per heavy atom. The highest BCUT2D eigenvalue weighted by Crippen LogP contribution is 2.21. The summed E-state index contributed by atoms with van der Waals surface area (Å²) in [6.07, 6.45) is 1.76. The van der Waals surface area contributed by atoms with Crippen molar-refractivity contribution in [3.05, 3.63) is 35.7 Å². The van der Waals surface area contributed by atoms with Crippen molar-refractivity contribution in [1.29, 1.82) is 0 Å². The summed E-state index contributed by atoms with van der Waals surface area (Å²) in [6.45, 7) is 7.18. The van der Waals surface area contributed by atoms with E-state index in [1.165, 1.54) is 5.56 Å². The Bertz CT molecular complexity index is 531. The molecule has 2 aromatic rings. The van der Waals surface area contributed by atoms with Crippen LogP contribution in [0, 0.1) is 5.92 Å². The number of benzene rings is 1. The number of hydrogen-bond donors (Lipinski definition) is 1. The summed E-state index contributed by atoms with van der Waals surface area (Å²) in [5.74, 6) is 2.36. The van der Waals surface area contributed by atoms with Gasteiger partial charge in [-0.3, -0.25) is 0 Å². The van der Waals surface area contributed by atoms with Crippen molar-refractivity contribution in [2.45, 2.75) is 39.5 Å². The molecule has 0 amide bonds. The normalized spacial score (nSPS) is 12.8. The molecule has 0 aliphatic carbocycles. The molecule has 1 aromatic heterocycles. The topological polar surface area (TPSA) is 64.9 Å². The molecule has 1 aromatic carbocycles. The Kier molecular flexibility index (Phi) is 4.90. The molecule has 0 spiro atoms. The second-order valence-electron chi connectivity index (χ2n) is 5.67. The van der Waals surface area contributed by atoms with Crippen molar-refractivity contribution in [2.24, 2.45) is 11.7 Å². The molecule has 4 nitrogen and oxygen atoms in total. The molecule has 1 atom stereocenters. The second kappa shape index (κ2) is 6.66. The van der Waals surface area contributed by atoms with Crippen LogP contribution in [0.15, 0.2) is 28.8 Å². The van der Waals surface area contributed by atoms with Gasteiger partial charge in [-0.25, -0.2) is 0 Å². The SMILES string of the molecule is CC(CN)CCc1nc(-c2ccc(C(C)C)cc2)no1. The molecule has 20 heavy (non-hydrogen) atoms. The lowest BCUT2D eigenvalue weighted by Gasteiger charge is -2.04. The van der Waals surface area contributed by atoms with E-state index in [1.807, 2.05) is 12.1 Å². The van der Waals surface area contributed by atoms with Gasteiger partial charge in [0.2, 0.25) is 11.7 Å². The van der Waals surface area contributed by atoms with Gasteiger partial charge in [-0.1, -0.05) is 50.2 Å². The lowest BCUT2D eigenvalue weighted by Crippen LogP contribution is -2.11. The van der Waals surface area contributed by atoms with Gasteiger partial charge in [-0.15, -0.1) is 0 Å². The number of nitrogens with two attached hydrogens (primary N) is 1. The Morgan fingerprint density at radius 1 is 1.15 bits per heavy atom. The van der Waals surface area contributed by atoms with Gasteiger partial charge >= 0.3 is 0 Å². The molecule has 0 saturated carbocycles. The third kappa shape index (κ3) is 3.67. The van der Waals surface area contributed by atoms with E-state index in [1.54, 1.807) is 0 Å². The summed E-state index contributed by atoms with van der Waals surface area (Å²) in [5, 5.41) is 4.05. The van der Waals surface area contributed by atoms with Crippen molar-refractivity contribution in [3.8, 4) is 11.4 Å². The van der Waals surface area contributed by atoms with Crippen LogP contribution < -0.4 is 5.73 Å². The van der Waals surface area contributed by atoms with Crippen molar-refractivity contribution in [2.75, 3.05) is 6.54 Å². The minimum atomic E-state index is 0.482. The maximum Gasteiger partial charge on any atom is 0.226 e. The van der Waals surface area contributed by atoms with Crippen LogP contribution in [0.1, 0.15) is 44.6 Å². The molecule has 2 rings (SSSR count). The van der Waals surface area contributed by atoms with Gasteiger partial charge in [0.05, 0.1) is 0 Å². The zero-order valence-corrected chi connectivity index (χ0v) is 12.5. The molecule has 4 heteroatoms. The van der Waals surface area contributed by atoms with Crippen LogP contribution in [0.25, 0.3) is 11.4 Å². The highest BCUT2D eigenvalue weighted by Gasteiger charge is 2.10. The van der Waals surface area contributed by atoms with Crippen LogP contribution in [-0.4, -0.2) is 16.7 Å². The number of rotatable bonds is 6. The van der Waals surface area contributed by atoms with Crippen LogP contribution in [0.5, 0.6) is 0 Å². The maximum absolute atomic E-state index is 5.60. The first-order valence-electron chi connectivity index (χ1n) is 7.23. The summed E-state index contributed by atoms with van der Waals surface area (Å²) in [5.41, 5.74) is 7.91. The number of aryl methyl sites for hydroxylation is 1. The van der Waals surface area contributed by atoms with Gasteiger partial charge < -0.3 is 10.3 Å². The minimum absolute atomic E-state index is 0.482. The first kappa shape index (κ1) is 14.7. The van der Waals surface area contributed by atoms with E-state index < -0.39 is 0 Å². The van der Waals surface area contributed by atoms with Crippen LogP contribution in [0.2, 0.25) is 0 Å². The molecule has 108 valence electrons. The fourth-order valence-electron chi connectivity index (χ4n) is 1.98. The van der Waals surface area contributed by atoms with E-state index >= 15 is 0 Å². The van der Waals surface area contributed by atoms with Crippen molar-refractivity contribution < 1.29 is 4.52 Å². The molecule has 0 fully saturated rings. The van der Waals surface area contributed by atoms with Crippen LogP contribution >= 0.6 is 0 Å². The monoisotopic (exact) mass is 273 g/mol. The standard InChI is InChI=1S/C16H23N3O/c1-11(2)13-5-7-14(8-6-13)16-18-15(20-19-16)9-4-12(3)10-17/h5-8,11-12H,4,9-10,17H2,1-3H3. The van der Waals surface area contributed by atoms with Crippen molar-refractivity contribution in [3.63, 3.8) is 0 Å². The van der Waals surface area contributed by atoms with Gasteiger partial charge in [0.25, 0.3) is 0 Å². The average molecular weight is 273 g/mol. The molecule has 1 heterocycles. The molecule has 0 saturated heterocycles. The van der Waals surface area contributed by atoms with Gasteiger partial charge in [-0.05, 0) is 30.4 Å². The molecule has 0 aliphatic rings. The Hall–Kier alpha value is -1.68. The predicted octanol–water partition coefficient (Wildman–Crippen LogP) is 3.39. The Balaban J connectivity index is 2.04. The minimum Gasteiger partial charge on any atom is -0.339 e. The second-order valence-corrected chi connectivity index (χ2v) is 5.67. The zero-order chi connectivity index (χ0) is 14.5. The number of aromatic nitrogens is 2. The lowest BCUT2D eigenvalue weighted by molar-refractivity contribution is 0.366. The van der Waals surface area contributed by atoms with Gasteiger partial charge in [-0.2, -0.15) is 4.98 Å². The average Bonchev–Trinajstić information content (AvgIpc) is 2.93. The largest absolute Gasteiger partial charge is 0.339 e. The molecular formula is C16H23N3O. The third-order valence-corrected chi connectivity index (χ3v) is 3.56. The third-order valence-electron chi connectivity index (χ3n) is 3.56. The van der Waals surface area contributed by atoms with E-state index in [0.717, 1.165) is 18.4 Å². The molecule has 1 unspecified atom stereocenters. The fraction of sp³-hybridized carbons (Fsp3) is 0.500. The molecule has 0 bridgehead atoms. The van der Waals surface area contributed by atoms with Gasteiger partial charge in [0.1, 0.15) is 0 Å². The van der Waals surface area contributed by atoms with E-state index in [2.05, 4.69) is 43.0 Å². The van der Waals surface area contributed by atoms with Crippen LogP contribution in [-0.2, 0) is 6.42 Å². The Morgan fingerprint density at radius 2 is 1.85 bits per heavy atom. The fourth-order valence-corrected chi connectivity index (χ4v) is 1.98. The quantitative estimate of drug-likeness (QED) is 0.876. The highest BCUT2D eigenvalue weighted by molar-refractivity contribution is 5.54. The highest BCUT2D eigenvalue weighted by atomic mass is 16.5. The molecule has 0 aliphatic heterocycles. The summed E-state index contributed by atoms with van der Waals surface area (Å²) >= 11 is 0. The Labute approximate surface area is 120 Å². The molecule has 2 N–H and O–H groups in total. The van der Waals surface area contributed by atoms with Gasteiger partial charge in [0.15, 0.2) is 0 Å². The van der Waals surface area contributed by atoms with Crippen LogP contribution in [0.3, 0.4) is 0 Å². The van der Waals surface area contributed by atoms with E-state index in [4.69, 9.17) is 10.3 Å². The lowest BCUT2D eigenvalue weighted by atomic mass is 10.0. The first-order valence-corrected chi connectivity index (χ1v) is 7.23. The van der Waals surface area contributed by atoms with Crippen molar-refractivity contribution >= 4 is 0 Å². The molecule has 0 radical (unpaired) electrons. The summed E-state index contributed by atoms with van der Waals surface area (Å²) in [7, 11) is 0. The maximum atomic E-state index is 5.60. The summed E-state index contributed by atoms with van der Waals surface area (Å²) in [6, 6.07) is 8.33. The number of nitrogens with zero attached hydrogens (tertiary/aromatic N) is 2.